The number of hydrogen-bond donors (Lipinski definition) is 2. The lowest BCUT2D eigenvalue weighted by Crippen LogP contribution is -2.45. The summed E-state index contributed by atoms with van der Waals surface area (Å²) in [5, 5.41) is 11.7. The molecule has 1 amide bonds. The highest BCUT2D eigenvalue weighted by molar-refractivity contribution is 5.90. The summed E-state index contributed by atoms with van der Waals surface area (Å²) in [6.07, 6.45) is 2.36. The van der Waals surface area contributed by atoms with Crippen LogP contribution in [-0.2, 0) is 9.59 Å². The standard InChI is InChI=1S/C12H19NO3/c1-5-8-6-12(8,10(15)16)13-9(14)7-11(2,3)4/h5,8H,1,6-7H2,2-4H3,(H,13,14)(H,15,16)/t8-,12-/m0/s1. The van der Waals surface area contributed by atoms with Crippen molar-refractivity contribution in [1.82, 2.24) is 5.32 Å². The summed E-state index contributed by atoms with van der Waals surface area (Å²) in [5.41, 5.74) is -1.23. The minimum Gasteiger partial charge on any atom is -0.479 e. The zero-order valence-corrected chi connectivity index (χ0v) is 10.0. The minimum absolute atomic E-state index is 0.137. The maximum absolute atomic E-state index is 11.7. The Hall–Kier alpha value is -1.32. The lowest BCUT2D eigenvalue weighted by molar-refractivity contribution is -0.143. The number of carbonyl (C=O) groups is 2. The summed E-state index contributed by atoms with van der Waals surface area (Å²) in [5.74, 6) is -1.33. The third kappa shape index (κ3) is 2.62. The molecule has 16 heavy (non-hydrogen) atoms. The Kier molecular flexibility index (Phi) is 3.13. The van der Waals surface area contributed by atoms with Gasteiger partial charge in [-0.1, -0.05) is 26.8 Å². The first-order valence-corrected chi connectivity index (χ1v) is 5.38. The molecule has 0 saturated heterocycles. The predicted octanol–water partition coefficient (Wildman–Crippen LogP) is 1.57. The highest BCUT2D eigenvalue weighted by Gasteiger charge is 2.60. The number of carboxylic acids is 1. The molecule has 1 aliphatic rings. The van der Waals surface area contributed by atoms with Gasteiger partial charge in [-0.25, -0.2) is 4.79 Å². The number of carboxylic acid groups (broad SMARTS) is 1. The van der Waals surface area contributed by atoms with Crippen LogP contribution >= 0.6 is 0 Å². The highest BCUT2D eigenvalue weighted by Crippen LogP contribution is 2.44. The van der Waals surface area contributed by atoms with Crippen LogP contribution in [0.5, 0.6) is 0 Å². The number of aliphatic carboxylic acids is 1. The highest BCUT2D eigenvalue weighted by atomic mass is 16.4. The van der Waals surface area contributed by atoms with E-state index in [9.17, 15) is 9.59 Å². The van der Waals surface area contributed by atoms with E-state index in [4.69, 9.17) is 5.11 Å². The van der Waals surface area contributed by atoms with Crippen molar-refractivity contribution in [1.29, 1.82) is 0 Å². The monoisotopic (exact) mass is 225 g/mol. The smallest absolute Gasteiger partial charge is 0.330 e. The van der Waals surface area contributed by atoms with Crippen LogP contribution < -0.4 is 5.32 Å². The van der Waals surface area contributed by atoms with E-state index in [1.54, 1.807) is 6.08 Å². The first-order valence-electron chi connectivity index (χ1n) is 5.38. The fraction of sp³-hybridized carbons (Fsp3) is 0.667. The van der Waals surface area contributed by atoms with Crippen molar-refractivity contribution in [2.45, 2.75) is 39.2 Å². The Morgan fingerprint density at radius 1 is 1.56 bits per heavy atom. The molecule has 0 aromatic heterocycles. The number of rotatable bonds is 4. The Bertz CT molecular complexity index is 330. The van der Waals surface area contributed by atoms with E-state index in [2.05, 4.69) is 11.9 Å². The second-order valence-corrected chi connectivity index (χ2v) is 5.61. The molecule has 0 unspecified atom stereocenters. The maximum Gasteiger partial charge on any atom is 0.330 e. The van der Waals surface area contributed by atoms with Crippen LogP contribution in [0, 0.1) is 11.3 Å². The quantitative estimate of drug-likeness (QED) is 0.714. The van der Waals surface area contributed by atoms with Crippen molar-refractivity contribution >= 4 is 11.9 Å². The van der Waals surface area contributed by atoms with Crippen molar-refractivity contribution in [2.24, 2.45) is 11.3 Å². The molecule has 1 rings (SSSR count). The Morgan fingerprint density at radius 2 is 2.12 bits per heavy atom. The van der Waals surface area contributed by atoms with Crippen molar-refractivity contribution in [3.63, 3.8) is 0 Å². The second kappa shape index (κ2) is 3.92. The van der Waals surface area contributed by atoms with Gasteiger partial charge in [0.2, 0.25) is 5.91 Å². The third-order valence-corrected chi connectivity index (χ3v) is 2.73. The van der Waals surface area contributed by atoms with E-state index in [1.165, 1.54) is 0 Å². The zero-order chi connectivity index (χ0) is 12.6. The van der Waals surface area contributed by atoms with Crippen molar-refractivity contribution in [3.05, 3.63) is 12.7 Å². The van der Waals surface area contributed by atoms with Crippen LogP contribution in [0.3, 0.4) is 0 Å². The van der Waals surface area contributed by atoms with E-state index < -0.39 is 11.5 Å². The van der Waals surface area contributed by atoms with E-state index in [0.717, 1.165) is 0 Å². The molecule has 0 aromatic carbocycles. The van der Waals surface area contributed by atoms with Crippen LogP contribution in [0.15, 0.2) is 12.7 Å². The molecule has 1 saturated carbocycles. The van der Waals surface area contributed by atoms with Crippen molar-refractivity contribution in [3.8, 4) is 0 Å². The first kappa shape index (κ1) is 12.7. The molecule has 1 aliphatic carbocycles. The van der Waals surface area contributed by atoms with Crippen LogP contribution in [0.25, 0.3) is 0 Å². The number of nitrogens with one attached hydrogen (secondary N) is 1. The predicted molar refractivity (Wildman–Crippen MR) is 60.9 cm³/mol. The summed E-state index contributed by atoms with van der Waals surface area (Å²) < 4.78 is 0. The topological polar surface area (TPSA) is 66.4 Å². The molecule has 0 aliphatic heterocycles. The fourth-order valence-electron chi connectivity index (χ4n) is 1.79. The number of amides is 1. The summed E-state index contributed by atoms with van der Waals surface area (Å²) >= 11 is 0. The SMILES string of the molecule is C=C[C@H]1C[C@@]1(NC(=O)CC(C)(C)C)C(=O)O. The molecule has 0 bridgehead atoms. The molecule has 2 N–H and O–H groups in total. The van der Waals surface area contributed by atoms with Crippen molar-refractivity contribution < 1.29 is 14.7 Å². The Balaban J connectivity index is 2.63. The average Bonchev–Trinajstić information content (AvgIpc) is 2.76. The molecule has 0 heterocycles. The normalized spacial score (nSPS) is 28.3. The summed E-state index contributed by atoms with van der Waals surface area (Å²) in [4.78, 5) is 22.8. The molecule has 4 nitrogen and oxygen atoms in total. The van der Waals surface area contributed by atoms with Gasteiger partial charge in [-0.2, -0.15) is 0 Å². The number of carbonyl (C=O) groups excluding carboxylic acids is 1. The van der Waals surface area contributed by atoms with Crippen LogP contribution in [0.2, 0.25) is 0 Å². The van der Waals surface area contributed by atoms with Gasteiger partial charge in [0.25, 0.3) is 0 Å². The van der Waals surface area contributed by atoms with Gasteiger partial charge in [0.05, 0.1) is 0 Å². The van der Waals surface area contributed by atoms with Crippen molar-refractivity contribution in [2.75, 3.05) is 0 Å². The van der Waals surface area contributed by atoms with Crippen LogP contribution in [-0.4, -0.2) is 22.5 Å². The summed E-state index contributed by atoms with van der Waals surface area (Å²) in [7, 11) is 0. The van der Waals surface area contributed by atoms with Gasteiger partial charge >= 0.3 is 5.97 Å². The van der Waals surface area contributed by atoms with Crippen LogP contribution in [0.4, 0.5) is 0 Å². The van der Waals surface area contributed by atoms with Gasteiger partial charge in [0, 0.05) is 12.3 Å². The summed E-state index contributed by atoms with van der Waals surface area (Å²) in [6, 6.07) is 0. The maximum atomic E-state index is 11.7. The molecule has 0 aromatic rings. The first-order chi connectivity index (χ1) is 7.21. The average molecular weight is 225 g/mol. The van der Waals surface area contributed by atoms with Gasteiger partial charge in [-0.3, -0.25) is 4.79 Å². The molecular weight excluding hydrogens is 206 g/mol. The van der Waals surface area contributed by atoms with Gasteiger partial charge in [-0.15, -0.1) is 6.58 Å². The summed E-state index contributed by atoms with van der Waals surface area (Å²) in [6.45, 7) is 9.39. The van der Waals surface area contributed by atoms with E-state index >= 15 is 0 Å². The van der Waals surface area contributed by atoms with Gasteiger partial charge < -0.3 is 10.4 Å². The molecule has 4 heteroatoms. The lowest BCUT2D eigenvalue weighted by Gasteiger charge is -2.20. The van der Waals surface area contributed by atoms with Crippen LogP contribution in [0.1, 0.15) is 33.6 Å². The van der Waals surface area contributed by atoms with Gasteiger partial charge in [-0.05, 0) is 11.8 Å². The largest absolute Gasteiger partial charge is 0.479 e. The van der Waals surface area contributed by atoms with E-state index in [0.29, 0.717) is 12.8 Å². The number of hydrogen-bond acceptors (Lipinski definition) is 2. The fourth-order valence-corrected chi connectivity index (χ4v) is 1.79. The second-order valence-electron chi connectivity index (χ2n) is 5.61. The molecule has 0 spiro atoms. The molecule has 90 valence electrons. The third-order valence-electron chi connectivity index (χ3n) is 2.73. The van der Waals surface area contributed by atoms with E-state index in [1.807, 2.05) is 20.8 Å². The molecular formula is C12H19NO3. The Labute approximate surface area is 95.7 Å². The molecule has 1 fully saturated rings. The molecule has 2 atom stereocenters. The van der Waals surface area contributed by atoms with Gasteiger partial charge in [0.1, 0.15) is 5.54 Å². The lowest BCUT2D eigenvalue weighted by atomic mass is 9.91. The zero-order valence-electron chi connectivity index (χ0n) is 10.0. The minimum atomic E-state index is -1.09. The molecule has 0 radical (unpaired) electrons. The Morgan fingerprint density at radius 3 is 2.44 bits per heavy atom. The van der Waals surface area contributed by atoms with E-state index in [-0.39, 0.29) is 17.2 Å². The van der Waals surface area contributed by atoms with Gasteiger partial charge in [0.15, 0.2) is 0 Å².